The van der Waals surface area contributed by atoms with Gasteiger partial charge in [-0.3, -0.25) is 24.6 Å². The Morgan fingerprint density at radius 3 is 2.12 bits per heavy atom. The lowest BCUT2D eigenvalue weighted by Gasteiger charge is -2.29. The van der Waals surface area contributed by atoms with Gasteiger partial charge in [0.25, 0.3) is 0 Å². The van der Waals surface area contributed by atoms with Crippen LogP contribution < -0.4 is 10.6 Å². The molecule has 0 aromatic heterocycles. The van der Waals surface area contributed by atoms with E-state index in [1.807, 2.05) is 84.9 Å². The maximum atomic E-state index is 13.8. The molecule has 2 saturated heterocycles. The minimum absolute atomic E-state index is 0.211. The lowest BCUT2D eigenvalue weighted by Crippen LogP contribution is -2.53. The van der Waals surface area contributed by atoms with E-state index < -0.39 is 17.4 Å². The van der Waals surface area contributed by atoms with Crippen LogP contribution in [0.1, 0.15) is 16.7 Å². The highest BCUT2D eigenvalue weighted by atomic mass is 16.2. The number of carbonyl (C=O) groups is 3. The number of anilines is 1. The van der Waals surface area contributed by atoms with E-state index in [0.717, 1.165) is 16.7 Å². The molecule has 4 atom stereocenters. The van der Waals surface area contributed by atoms with E-state index in [1.165, 1.54) is 4.90 Å². The van der Waals surface area contributed by atoms with Gasteiger partial charge in [-0.15, -0.1) is 0 Å². The molecule has 3 aromatic carbocycles. The van der Waals surface area contributed by atoms with Crippen LogP contribution >= 0.6 is 0 Å². The summed E-state index contributed by atoms with van der Waals surface area (Å²) in [5.74, 6) is -2.17. The average Bonchev–Trinajstić information content (AvgIpc) is 3.41. The molecule has 6 nitrogen and oxygen atoms in total. The third kappa shape index (κ3) is 2.87. The van der Waals surface area contributed by atoms with Gasteiger partial charge in [-0.05, 0) is 23.6 Å². The van der Waals surface area contributed by atoms with Crippen molar-refractivity contribution in [2.24, 2.45) is 11.8 Å². The van der Waals surface area contributed by atoms with Crippen molar-refractivity contribution in [3.63, 3.8) is 0 Å². The number of hydrogen-bond acceptors (Lipinski definition) is 4. The van der Waals surface area contributed by atoms with Gasteiger partial charge in [0.15, 0.2) is 0 Å². The van der Waals surface area contributed by atoms with E-state index in [-0.39, 0.29) is 30.3 Å². The monoisotopic (exact) mass is 437 g/mol. The normalized spacial score (nSPS) is 27.7. The van der Waals surface area contributed by atoms with Crippen LogP contribution in [0.5, 0.6) is 0 Å². The van der Waals surface area contributed by atoms with Crippen LogP contribution in [0.2, 0.25) is 0 Å². The number of para-hydroxylation sites is 1. The molecule has 4 unspecified atom stereocenters. The average molecular weight is 437 g/mol. The molecule has 1 spiro atoms. The highest BCUT2D eigenvalue weighted by Gasteiger charge is 2.70. The minimum Gasteiger partial charge on any atom is -0.324 e. The zero-order valence-corrected chi connectivity index (χ0v) is 17.9. The van der Waals surface area contributed by atoms with Crippen molar-refractivity contribution < 1.29 is 14.4 Å². The first-order valence-electron chi connectivity index (χ1n) is 11.2. The first kappa shape index (κ1) is 19.9. The summed E-state index contributed by atoms with van der Waals surface area (Å²) >= 11 is 0. The second-order valence-corrected chi connectivity index (χ2v) is 9.00. The number of amides is 3. The molecule has 0 bridgehead atoms. The number of nitrogens with one attached hydrogen (secondary N) is 2. The molecule has 3 aliphatic rings. The third-order valence-corrected chi connectivity index (χ3v) is 7.20. The number of nitrogens with zero attached hydrogens (tertiary/aromatic N) is 1. The van der Waals surface area contributed by atoms with E-state index in [2.05, 4.69) is 10.6 Å². The minimum atomic E-state index is -1.25. The predicted molar refractivity (Wildman–Crippen MR) is 123 cm³/mol. The van der Waals surface area contributed by atoms with Crippen LogP contribution in [-0.2, 0) is 32.9 Å². The molecular weight excluding hydrogens is 414 g/mol. The summed E-state index contributed by atoms with van der Waals surface area (Å²) in [6.07, 6.45) is 0.553. The van der Waals surface area contributed by atoms with Gasteiger partial charge in [0.05, 0.1) is 18.4 Å². The fourth-order valence-corrected chi connectivity index (χ4v) is 5.78. The largest absolute Gasteiger partial charge is 0.324 e. The van der Waals surface area contributed by atoms with Crippen LogP contribution in [0.4, 0.5) is 5.69 Å². The van der Waals surface area contributed by atoms with Gasteiger partial charge in [-0.2, -0.15) is 0 Å². The Hall–Kier alpha value is -3.77. The standard InChI is InChI=1S/C27H23N3O3/c31-24-22-21(15-17-9-3-1-4-10-17)29-27(19-13-7-8-14-20(19)28-26(27)33)23(22)25(32)30(24)16-18-11-5-2-6-12-18/h1-14,21-23,29H,15-16H2,(H,28,33). The van der Waals surface area contributed by atoms with Crippen LogP contribution in [0.25, 0.3) is 0 Å². The predicted octanol–water partition coefficient (Wildman–Crippen LogP) is 2.85. The molecular formula is C27H23N3O3. The molecule has 3 amide bonds. The van der Waals surface area contributed by atoms with Crippen molar-refractivity contribution in [1.82, 2.24) is 10.2 Å². The van der Waals surface area contributed by atoms with E-state index in [4.69, 9.17) is 0 Å². The van der Waals surface area contributed by atoms with Crippen molar-refractivity contribution in [1.29, 1.82) is 0 Å². The number of likely N-dealkylation sites (tertiary alicyclic amines) is 1. The van der Waals surface area contributed by atoms with Crippen molar-refractivity contribution in [2.75, 3.05) is 5.32 Å². The Labute approximate surface area is 191 Å². The fraction of sp³-hybridized carbons (Fsp3) is 0.222. The number of hydrogen-bond donors (Lipinski definition) is 2. The molecule has 33 heavy (non-hydrogen) atoms. The molecule has 3 aliphatic heterocycles. The second kappa shape index (κ2) is 7.39. The Kier molecular flexibility index (Phi) is 4.45. The number of rotatable bonds is 4. The maximum Gasteiger partial charge on any atom is 0.250 e. The quantitative estimate of drug-likeness (QED) is 0.616. The Bertz CT molecular complexity index is 1260. The molecule has 0 aliphatic carbocycles. The van der Waals surface area contributed by atoms with E-state index in [0.29, 0.717) is 12.1 Å². The van der Waals surface area contributed by atoms with Gasteiger partial charge < -0.3 is 5.32 Å². The van der Waals surface area contributed by atoms with E-state index >= 15 is 0 Å². The first-order valence-corrected chi connectivity index (χ1v) is 11.2. The molecule has 0 saturated carbocycles. The SMILES string of the molecule is O=C1C2C(Cc3ccccc3)NC3(C(=O)Nc4ccccc43)C2C(=O)N1Cc1ccccc1. The molecule has 2 fully saturated rings. The van der Waals surface area contributed by atoms with Crippen molar-refractivity contribution in [3.8, 4) is 0 Å². The molecule has 164 valence electrons. The summed E-state index contributed by atoms with van der Waals surface area (Å²) in [6.45, 7) is 0.211. The summed E-state index contributed by atoms with van der Waals surface area (Å²) in [5, 5.41) is 6.43. The van der Waals surface area contributed by atoms with Gasteiger partial charge in [0.1, 0.15) is 5.54 Å². The number of imide groups is 1. The van der Waals surface area contributed by atoms with Crippen molar-refractivity contribution in [3.05, 3.63) is 102 Å². The topological polar surface area (TPSA) is 78.5 Å². The Morgan fingerprint density at radius 1 is 0.758 bits per heavy atom. The smallest absolute Gasteiger partial charge is 0.250 e. The zero-order chi connectivity index (χ0) is 22.6. The highest BCUT2D eigenvalue weighted by Crippen LogP contribution is 2.53. The van der Waals surface area contributed by atoms with Gasteiger partial charge >= 0.3 is 0 Å². The molecule has 0 radical (unpaired) electrons. The highest BCUT2D eigenvalue weighted by molar-refractivity contribution is 6.15. The molecule has 2 N–H and O–H groups in total. The van der Waals surface area contributed by atoms with Crippen molar-refractivity contribution in [2.45, 2.75) is 24.5 Å². The Morgan fingerprint density at radius 2 is 1.39 bits per heavy atom. The zero-order valence-electron chi connectivity index (χ0n) is 17.9. The van der Waals surface area contributed by atoms with Gasteiger partial charge in [0, 0.05) is 17.3 Å². The number of benzene rings is 3. The van der Waals surface area contributed by atoms with Gasteiger partial charge in [-0.1, -0.05) is 78.9 Å². The van der Waals surface area contributed by atoms with Crippen LogP contribution in [-0.4, -0.2) is 28.7 Å². The van der Waals surface area contributed by atoms with E-state index in [1.54, 1.807) is 0 Å². The lowest BCUT2D eigenvalue weighted by molar-refractivity contribution is -0.143. The lowest BCUT2D eigenvalue weighted by atomic mass is 9.76. The van der Waals surface area contributed by atoms with Gasteiger partial charge in [0.2, 0.25) is 17.7 Å². The number of fused-ring (bicyclic) bond motifs is 4. The van der Waals surface area contributed by atoms with Crippen LogP contribution in [0, 0.1) is 11.8 Å². The Balaban J connectivity index is 1.45. The first-order chi connectivity index (χ1) is 16.1. The summed E-state index contributed by atoms with van der Waals surface area (Å²) in [4.78, 5) is 42.3. The third-order valence-electron chi connectivity index (χ3n) is 7.20. The molecule has 6 rings (SSSR count). The van der Waals surface area contributed by atoms with Crippen molar-refractivity contribution >= 4 is 23.4 Å². The van der Waals surface area contributed by atoms with Crippen LogP contribution in [0.3, 0.4) is 0 Å². The summed E-state index contributed by atoms with van der Waals surface area (Å²) < 4.78 is 0. The fourth-order valence-electron chi connectivity index (χ4n) is 5.78. The maximum absolute atomic E-state index is 13.8. The molecule has 3 heterocycles. The summed E-state index contributed by atoms with van der Waals surface area (Å²) in [7, 11) is 0. The summed E-state index contributed by atoms with van der Waals surface area (Å²) in [6, 6.07) is 26.5. The number of carbonyl (C=O) groups excluding carboxylic acids is 3. The molecule has 3 aromatic rings. The molecule has 6 heteroatoms. The summed E-state index contributed by atoms with van der Waals surface area (Å²) in [5.41, 5.74) is 2.12. The second-order valence-electron chi connectivity index (χ2n) is 9.00. The van der Waals surface area contributed by atoms with Crippen LogP contribution in [0.15, 0.2) is 84.9 Å². The van der Waals surface area contributed by atoms with E-state index in [9.17, 15) is 14.4 Å². The van der Waals surface area contributed by atoms with Gasteiger partial charge in [-0.25, -0.2) is 0 Å².